The molecule has 0 bridgehead atoms. The van der Waals surface area contributed by atoms with Crippen LogP contribution in [0.15, 0.2) is 36.5 Å². The average molecular weight is 244 g/mol. The fourth-order valence-corrected chi connectivity index (χ4v) is 3.25. The summed E-state index contributed by atoms with van der Waals surface area (Å²) in [4.78, 5) is 0. The quantitative estimate of drug-likeness (QED) is 0.571. The summed E-state index contributed by atoms with van der Waals surface area (Å²) in [5.41, 5.74) is 0. The van der Waals surface area contributed by atoms with Gasteiger partial charge in [0.1, 0.15) is 0 Å². The Morgan fingerprint density at radius 3 is 1.67 bits per heavy atom. The highest BCUT2D eigenvalue weighted by Crippen LogP contribution is 2.30. The van der Waals surface area contributed by atoms with Gasteiger partial charge in [0, 0.05) is 0 Å². The lowest BCUT2D eigenvalue weighted by Crippen LogP contribution is -2.11. The molecule has 0 aromatic rings. The van der Waals surface area contributed by atoms with Crippen LogP contribution in [0.3, 0.4) is 0 Å². The molecule has 0 heteroatoms. The third-order valence-electron chi connectivity index (χ3n) is 4.61. The van der Waals surface area contributed by atoms with Crippen LogP contribution in [0.5, 0.6) is 0 Å². The molecule has 0 aromatic heterocycles. The zero-order valence-corrected chi connectivity index (χ0v) is 12.0. The molecule has 0 heterocycles. The summed E-state index contributed by atoms with van der Waals surface area (Å²) in [6, 6.07) is 0. The molecule has 0 saturated carbocycles. The maximum absolute atomic E-state index is 2.52. The molecule has 18 heavy (non-hydrogen) atoms. The molecule has 2 aliphatic carbocycles. The second-order valence-corrected chi connectivity index (χ2v) is 6.04. The molecule has 0 amide bonds. The average Bonchev–Trinajstić information content (AvgIpc) is 2.45. The van der Waals surface area contributed by atoms with Crippen LogP contribution in [0, 0.1) is 23.7 Å². The fraction of sp³-hybridized carbons (Fsp3) is 0.667. The Morgan fingerprint density at radius 2 is 1.28 bits per heavy atom. The van der Waals surface area contributed by atoms with Gasteiger partial charge in [-0.1, -0.05) is 50.3 Å². The lowest BCUT2D eigenvalue weighted by atomic mass is 9.82. The molecule has 100 valence electrons. The van der Waals surface area contributed by atoms with E-state index in [1.165, 1.54) is 38.5 Å². The minimum absolute atomic E-state index is 0.797. The van der Waals surface area contributed by atoms with Gasteiger partial charge in [-0.3, -0.25) is 0 Å². The monoisotopic (exact) mass is 244 g/mol. The Morgan fingerprint density at radius 1 is 0.833 bits per heavy atom. The van der Waals surface area contributed by atoms with Crippen molar-refractivity contribution in [3.05, 3.63) is 36.5 Å². The molecule has 2 rings (SSSR count). The van der Waals surface area contributed by atoms with E-state index in [0.29, 0.717) is 0 Å². The zero-order chi connectivity index (χ0) is 12.8. The van der Waals surface area contributed by atoms with Crippen LogP contribution in [-0.4, -0.2) is 0 Å². The van der Waals surface area contributed by atoms with Gasteiger partial charge in [0.2, 0.25) is 0 Å². The van der Waals surface area contributed by atoms with Gasteiger partial charge in [0.25, 0.3) is 0 Å². The highest BCUT2D eigenvalue weighted by molar-refractivity contribution is 5.06. The third-order valence-corrected chi connectivity index (χ3v) is 4.61. The molecule has 2 aliphatic rings. The van der Waals surface area contributed by atoms with E-state index in [1.54, 1.807) is 0 Å². The van der Waals surface area contributed by atoms with E-state index in [9.17, 15) is 0 Å². The summed E-state index contributed by atoms with van der Waals surface area (Å²) < 4.78 is 0. The van der Waals surface area contributed by atoms with E-state index >= 15 is 0 Å². The van der Waals surface area contributed by atoms with Crippen molar-refractivity contribution in [2.24, 2.45) is 23.7 Å². The summed E-state index contributed by atoms with van der Waals surface area (Å²) in [7, 11) is 0. The van der Waals surface area contributed by atoms with E-state index in [0.717, 1.165) is 23.7 Å². The lowest BCUT2D eigenvalue weighted by molar-refractivity contribution is 0.434. The van der Waals surface area contributed by atoms with Crippen molar-refractivity contribution < 1.29 is 0 Å². The second kappa shape index (κ2) is 6.97. The molecule has 0 aromatic carbocycles. The first kappa shape index (κ1) is 13.6. The number of hydrogen-bond acceptors (Lipinski definition) is 0. The maximum atomic E-state index is 2.52. The van der Waals surface area contributed by atoms with E-state index in [-0.39, 0.29) is 0 Å². The molecule has 0 N–H and O–H groups in total. The van der Waals surface area contributed by atoms with Crippen LogP contribution in [0.4, 0.5) is 0 Å². The molecular formula is C18H28. The van der Waals surface area contributed by atoms with E-state index in [4.69, 9.17) is 0 Å². The van der Waals surface area contributed by atoms with Crippen LogP contribution in [0.1, 0.15) is 52.4 Å². The van der Waals surface area contributed by atoms with E-state index < -0.39 is 0 Å². The normalized spacial score (nSPS) is 36.3. The first-order valence-electron chi connectivity index (χ1n) is 7.83. The van der Waals surface area contributed by atoms with Crippen molar-refractivity contribution in [1.82, 2.24) is 0 Å². The van der Waals surface area contributed by atoms with Gasteiger partial charge in [-0.25, -0.2) is 0 Å². The van der Waals surface area contributed by atoms with Crippen molar-refractivity contribution >= 4 is 0 Å². The molecule has 4 unspecified atom stereocenters. The van der Waals surface area contributed by atoms with Crippen molar-refractivity contribution in [3.63, 3.8) is 0 Å². The smallest absolute Gasteiger partial charge is 0.0193 e. The molecular weight excluding hydrogens is 216 g/mol. The van der Waals surface area contributed by atoms with Gasteiger partial charge < -0.3 is 0 Å². The first-order chi connectivity index (χ1) is 8.81. The SMILES string of the molecule is CCC1C=CCC(C=CC2CC=CC(CC)C2)C1. The Balaban J connectivity index is 1.84. The summed E-state index contributed by atoms with van der Waals surface area (Å²) in [5.74, 6) is 3.24. The highest BCUT2D eigenvalue weighted by atomic mass is 14.2. The standard InChI is InChI=1S/C18H28/c1-3-15-7-5-9-17(13-15)11-12-18-10-6-8-16(4-2)14-18/h5-8,11-12,15-18H,3-4,9-10,13-14H2,1-2H3. The van der Waals surface area contributed by atoms with Crippen molar-refractivity contribution in [2.75, 3.05) is 0 Å². The van der Waals surface area contributed by atoms with Gasteiger partial charge in [-0.15, -0.1) is 0 Å². The highest BCUT2D eigenvalue weighted by Gasteiger charge is 2.17. The van der Waals surface area contributed by atoms with Gasteiger partial charge in [-0.05, 0) is 62.2 Å². The number of rotatable bonds is 4. The van der Waals surface area contributed by atoms with E-state index in [1.807, 2.05) is 0 Å². The Bertz CT molecular complexity index is 289. The van der Waals surface area contributed by atoms with E-state index in [2.05, 4.69) is 50.3 Å². The minimum Gasteiger partial charge on any atom is -0.0877 e. The molecule has 0 fully saturated rings. The van der Waals surface area contributed by atoms with Gasteiger partial charge >= 0.3 is 0 Å². The number of allylic oxidation sites excluding steroid dienone is 6. The molecule has 4 atom stereocenters. The minimum atomic E-state index is 0.797. The third kappa shape index (κ3) is 3.86. The summed E-state index contributed by atoms with van der Waals surface area (Å²) in [6.07, 6.45) is 22.5. The summed E-state index contributed by atoms with van der Waals surface area (Å²) in [5, 5.41) is 0. The zero-order valence-electron chi connectivity index (χ0n) is 12.0. The Hall–Kier alpha value is -0.780. The molecule has 0 radical (unpaired) electrons. The second-order valence-electron chi connectivity index (χ2n) is 6.04. The van der Waals surface area contributed by atoms with Gasteiger partial charge in [0.15, 0.2) is 0 Å². The van der Waals surface area contributed by atoms with Crippen molar-refractivity contribution in [2.45, 2.75) is 52.4 Å². The van der Waals surface area contributed by atoms with Crippen LogP contribution >= 0.6 is 0 Å². The predicted octanol–water partition coefficient (Wildman–Crippen LogP) is 5.53. The maximum Gasteiger partial charge on any atom is -0.0193 e. The largest absolute Gasteiger partial charge is 0.0877 e. The van der Waals surface area contributed by atoms with Gasteiger partial charge in [-0.2, -0.15) is 0 Å². The van der Waals surface area contributed by atoms with Crippen molar-refractivity contribution in [3.8, 4) is 0 Å². The van der Waals surface area contributed by atoms with Crippen LogP contribution in [0.2, 0.25) is 0 Å². The summed E-state index contributed by atoms with van der Waals surface area (Å²) >= 11 is 0. The molecule has 0 saturated heterocycles. The topological polar surface area (TPSA) is 0 Å². The molecule has 0 aliphatic heterocycles. The molecule has 0 spiro atoms. The fourth-order valence-electron chi connectivity index (χ4n) is 3.25. The predicted molar refractivity (Wildman–Crippen MR) is 80.4 cm³/mol. The molecule has 0 nitrogen and oxygen atoms in total. The number of hydrogen-bond donors (Lipinski definition) is 0. The summed E-state index contributed by atoms with van der Waals surface area (Å²) in [6.45, 7) is 4.61. The van der Waals surface area contributed by atoms with Crippen LogP contribution in [-0.2, 0) is 0 Å². The Kier molecular flexibility index (Phi) is 5.28. The van der Waals surface area contributed by atoms with Crippen molar-refractivity contribution in [1.29, 1.82) is 0 Å². The van der Waals surface area contributed by atoms with Crippen LogP contribution < -0.4 is 0 Å². The Labute approximate surface area is 113 Å². The van der Waals surface area contributed by atoms with Crippen LogP contribution in [0.25, 0.3) is 0 Å². The van der Waals surface area contributed by atoms with Gasteiger partial charge in [0.05, 0.1) is 0 Å². The first-order valence-corrected chi connectivity index (χ1v) is 7.83. The lowest BCUT2D eigenvalue weighted by Gasteiger charge is -2.24.